The first-order valence-electron chi connectivity index (χ1n) is 6.95. The van der Waals surface area contributed by atoms with E-state index in [4.69, 9.17) is 4.74 Å². The van der Waals surface area contributed by atoms with Crippen LogP contribution < -0.4 is 5.32 Å². The Morgan fingerprint density at radius 3 is 2.59 bits per heavy atom. The molecule has 1 unspecified atom stereocenters. The number of anilines is 1. The molecule has 2 aromatic rings. The number of carbonyl (C=O) groups excluding carboxylic acids is 2. The van der Waals surface area contributed by atoms with Crippen molar-refractivity contribution >= 4 is 17.7 Å². The zero-order valence-corrected chi connectivity index (χ0v) is 12.4. The van der Waals surface area contributed by atoms with Gasteiger partial charge in [0.2, 0.25) is 0 Å². The van der Waals surface area contributed by atoms with Crippen LogP contribution in [0.5, 0.6) is 0 Å². The molecule has 0 radical (unpaired) electrons. The van der Waals surface area contributed by atoms with Crippen LogP contribution in [0.1, 0.15) is 29.4 Å². The Morgan fingerprint density at radius 1 is 1.23 bits per heavy atom. The van der Waals surface area contributed by atoms with Crippen LogP contribution in [0.25, 0.3) is 0 Å². The van der Waals surface area contributed by atoms with Gasteiger partial charge < -0.3 is 10.1 Å². The molecule has 6 nitrogen and oxygen atoms in total. The SMILES string of the molecule is CCC(OC(=O)c1ccncc1)C(=O)Nc1cccc(C)n1. The molecule has 0 aromatic carbocycles. The van der Waals surface area contributed by atoms with Crippen LogP contribution in [0.15, 0.2) is 42.7 Å². The number of hydrogen-bond acceptors (Lipinski definition) is 5. The van der Waals surface area contributed by atoms with Gasteiger partial charge in [-0.3, -0.25) is 9.78 Å². The van der Waals surface area contributed by atoms with Gasteiger partial charge in [0.15, 0.2) is 6.10 Å². The molecule has 1 amide bonds. The number of esters is 1. The Balaban J connectivity index is 2.02. The highest BCUT2D eigenvalue weighted by Crippen LogP contribution is 2.09. The summed E-state index contributed by atoms with van der Waals surface area (Å²) in [5.41, 5.74) is 1.15. The number of ether oxygens (including phenoxy) is 1. The van der Waals surface area contributed by atoms with Gasteiger partial charge in [0, 0.05) is 18.1 Å². The maximum absolute atomic E-state index is 12.2. The summed E-state index contributed by atoms with van der Waals surface area (Å²) in [5, 5.41) is 2.65. The number of hydrogen-bond donors (Lipinski definition) is 1. The minimum absolute atomic E-state index is 0.356. The molecular formula is C16H17N3O3. The smallest absolute Gasteiger partial charge is 0.339 e. The quantitative estimate of drug-likeness (QED) is 0.857. The Morgan fingerprint density at radius 2 is 1.95 bits per heavy atom. The lowest BCUT2D eigenvalue weighted by Gasteiger charge is -2.15. The number of nitrogens with zero attached hydrogens (tertiary/aromatic N) is 2. The summed E-state index contributed by atoms with van der Waals surface area (Å²) in [6.07, 6.45) is 2.49. The highest BCUT2D eigenvalue weighted by molar-refractivity contribution is 5.96. The number of rotatable bonds is 5. The van der Waals surface area contributed by atoms with Crippen molar-refractivity contribution in [1.82, 2.24) is 9.97 Å². The Bertz CT molecular complexity index is 659. The topological polar surface area (TPSA) is 81.2 Å². The molecule has 6 heteroatoms. The maximum atomic E-state index is 12.2. The van der Waals surface area contributed by atoms with Crippen LogP contribution in [0.3, 0.4) is 0 Å². The number of aryl methyl sites for hydroxylation is 1. The van der Waals surface area contributed by atoms with E-state index in [0.717, 1.165) is 5.69 Å². The fraction of sp³-hybridized carbons (Fsp3) is 0.250. The standard InChI is InChI=1S/C16H17N3O3/c1-3-13(22-16(21)12-7-9-17-10-8-12)15(20)19-14-6-4-5-11(2)18-14/h4-10,13H,3H2,1-2H3,(H,18,19,20). The normalized spacial score (nSPS) is 11.5. The highest BCUT2D eigenvalue weighted by atomic mass is 16.5. The summed E-state index contributed by atoms with van der Waals surface area (Å²) in [6, 6.07) is 8.38. The van der Waals surface area contributed by atoms with Gasteiger partial charge in [0.05, 0.1) is 5.56 Å². The van der Waals surface area contributed by atoms with Gasteiger partial charge in [0.1, 0.15) is 5.82 Å². The van der Waals surface area contributed by atoms with Crippen molar-refractivity contribution in [1.29, 1.82) is 0 Å². The van der Waals surface area contributed by atoms with Crippen molar-refractivity contribution in [2.45, 2.75) is 26.4 Å². The second kappa shape index (κ2) is 7.31. The van der Waals surface area contributed by atoms with Gasteiger partial charge in [-0.15, -0.1) is 0 Å². The second-order valence-electron chi connectivity index (χ2n) is 4.69. The van der Waals surface area contributed by atoms with Crippen molar-refractivity contribution in [3.8, 4) is 0 Å². The van der Waals surface area contributed by atoms with E-state index >= 15 is 0 Å². The van der Waals surface area contributed by atoms with Crippen molar-refractivity contribution in [3.63, 3.8) is 0 Å². The molecular weight excluding hydrogens is 282 g/mol. The predicted octanol–water partition coefficient (Wildman–Crippen LogP) is 2.36. The van der Waals surface area contributed by atoms with Gasteiger partial charge in [-0.2, -0.15) is 0 Å². The monoisotopic (exact) mass is 299 g/mol. The van der Waals surface area contributed by atoms with Crippen LogP contribution in [-0.2, 0) is 9.53 Å². The van der Waals surface area contributed by atoms with E-state index < -0.39 is 18.0 Å². The Kier molecular flexibility index (Phi) is 5.19. The second-order valence-corrected chi connectivity index (χ2v) is 4.69. The number of aromatic nitrogens is 2. The zero-order chi connectivity index (χ0) is 15.9. The van der Waals surface area contributed by atoms with E-state index in [9.17, 15) is 9.59 Å². The number of carbonyl (C=O) groups is 2. The molecule has 0 saturated carbocycles. The summed E-state index contributed by atoms with van der Waals surface area (Å²) in [7, 11) is 0. The molecule has 0 spiro atoms. The number of nitrogens with one attached hydrogen (secondary N) is 1. The van der Waals surface area contributed by atoms with Crippen LogP contribution in [0.2, 0.25) is 0 Å². The van der Waals surface area contributed by atoms with E-state index in [1.807, 2.05) is 13.0 Å². The summed E-state index contributed by atoms with van der Waals surface area (Å²) >= 11 is 0. The molecule has 22 heavy (non-hydrogen) atoms. The first-order valence-corrected chi connectivity index (χ1v) is 6.95. The van der Waals surface area contributed by atoms with E-state index in [0.29, 0.717) is 17.8 Å². The molecule has 0 aliphatic carbocycles. The highest BCUT2D eigenvalue weighted by Gasteiger charge is 2.22. The average molecular weight is 299 g/mol. The van der Waals surface area contributed by atoms with Crippen molar-refractivity contribution in [3.05, 3.63) is 54.0 Å². The van der Waals surface area contributed by atoms with E-state index in [2.05, 4.69) is 15.3 Å². The minimum atomic E-state index is -0.872. The van der Waals surface area contributed by atoms with Gasteiger partial charge in [0.25, 0.3) is 5.91 Å². The van der Waals surface area contributed by atoms with Gasteiger partial charge >= 0.3 is 5.97 Å². The lowest BCUT2D eigenvalue weighted by molar-refractivity contribution is -0.124. The number of amides is 1. The van der Waals surface area contributed by atoms with Crippen LogP contribution in [0, 0.1) is 6.92 Å². The lowest BCUT2D eigenvalue weighted by atomic mass is 10.2. The maximum Gasteiger partial charge on any atom is 0.339 e. The van der Waals surface area contributed by atoms with Crippen molar-refractivity contribution in [2.24, 2.45) is 0 Å². The average Bonchev–Trinajstić information content (AvgIpc) is 2.53. The number of pyridine rings is 2. The fourth-order valence-corrected chi connectivity index (χ4v) is 1.83. The predicted molar refractivity (Wildman–Crippen MR) is 81.3 cm³/mol. The molecule has 1 N–H and O–H groups in total. The molecule has 0 aliphatic rings. The minimum Gasteiger partial charge on any atom is -0.449 e. The molecule has 0 saturated heterocycles. The fourth-order valence-electron chi connectivity index (χ4n) is 1.83. The molecule has 2 aromatic heterocycles. The van der Waals surface area contributed by atoms with Gasteiger partial charge in [-0.1, -0.05) is 13.0 Å². The first-order chi connectivity index (χ1) is 10.6. The molecule has 114 valence electrons. The molecule has 1 atom stereocenters. The molecule has 0 aliphatic heterocycles. The lowest BCUT2D eigenvalue weighted by Crippen LogP contribution is -2.32. The Labute approximate surface area is 128 Å². The van der Waals surface area contributed by atoms with Crippen LogP contribution >= 0.6 is 0 Å². The van der Waals surface area contributed by atoms with Crippen LogP contribution in [0.4, 0.5) is 5.82 Å². The third-order valence-corrected chi connectivity index (χ3v) is 2.97. The van der Waals surface area contributed by atoms with Crippen LogP contribution in [-0.4, -0.2) is 27.9 Å². The molecule has 2 heterocycles. The molecule has 2 rings (SSSR count). The third-order valence-electron chi connectivity index (χ3n) is 2.97. The summed E-state index contributed by atoms with van der Waals surface area (Å²) < 4.78 is 5.24. The van der Waals surface area contributed by atoms with Gasteiger partial charge in [-0.05, 0) is 37.6 Å². The van der Waals surface area contributed by atoms with Gasteiger partial charge in [-0.25, -0.2) is 9.78 Å². The van der Waals surface area contributed by atoms with Crippen molar-refractivity contribution < 1.29 is 14.3 Å². The zero-order valence-electron chi connectivity index (χ0n) is 12.4. The first kappa shape index (κ1) is 15.6. The largest absolute Gasteiger partial charge is 0.449 e. The third kappa shape index (κ3) is 4.12. The summed E-state index contributed by atoms with van der Waals surface area (Å²) in [5.74, 6) is -0.520. The molecule has 0 fully saturated rings. The van der Waals surface area contributed by atoms with Crippen molar-refractivity contribution in [2.75, 3.05) is 5.32 Å². The Hall–Kier alpha value is -2.76. The van der Waals surface area contributed by atoms with E-state index in [-0.39, 0.29) is 0 Å². The van der Waals surface area contributed by atoms with E-state index in [1.165, 1.54) is 24.5 Å². The molecule has 0 bridgehead atoms. The summed E-state index contributed by atoms with van der Waals surface area (Å²) in [6.45, 7) is 3.60. The summed E-state index contributed by atoms with van der Waals surface area (Å²) in [4.78, 5) is 32.2. The van der Waals surface area contributed by atoms with E-state index in [1.54, 1.807) is 19.1 Å².